The smallest absolute Gasteiger partial charge is 0.183 e. The van der Waals surface area contributed by atoms with E-state index >= 15 is 0 Å². The number of H-pyrrole nitrogens is 1. The number of benzene rings is 1. The van der Waals surface area contributed by atoms with Gasteiger partial charge in [0.1, 0.15) is 11.6 Å². The molecule has 1 aromatic carbocycles. The van der Waals surface area contributed by atoms with E-state index in [9.17, 15) is 0 Å². The van der Waals surface area contributed by atoms with Gasteiger partial charge >= 0.3 is 0 Å². The van der Waals surface area contributed by atoms with E-state index in [0.29, 0.717) is 11.5 Å². The van der Waals surface area contributed by atoms with Gasteiger partial charge in [-0.1, -0.05) is 0 Å². The molecule has 3 N–H and O–H groups in total. The van der Waals surface area contributed by atoms with Crippen molar-refractivity contribution in [2.24, 2.45) is 0 Å². The average molecular weight is 338 g/mol. The van der Waals surface area contributed by atoms with Crippen LogP contribution in [0.15, 0.2) is 30.3 Å². The standard InChI is InChI=1S/C18H22N6O/c1-23-7-9-24(10-8-23)12-3-5-15(25-2)14(11-12)17-13-4-6-16(19)20-18(13)22-21-17/h3-6,11H,7-10H2,1-2H3,(H3,19,20,21,22). The maximum atomic E-state index is 5.76. The van der Waals surface area contributed by atoms with E-state index in [-0.39, 0.29) is 0 Å². The number of nitrogens with two attached hydrogens (primary N) is 1. The first kappa shape index (κ1) is 15.7. The van der Waals surface area contributed by atoms with Crippen molar-refractivity contribution in [3.8, 4) is 17.0 Å². The summed E-state index contributed by atoms with van der Waals surface area (Å²) in [5, 5.41) is 8.32. The molecule has 1 aliphatic heterocycles. The van der Waals surface area contributed by atoms with Crippen molar-refractivity contribution in [1.82, 2.24) is 20.1 Å². The third kappa shape index (κ3) is 2.87. The minimum atomic E-state index is 0.462. The molecule has 7 nitrogen and oxygen atoms in total. The third-order valence-corrected chi connectivity index (χ3v) is 4.76. The van der Waals surface area contributed by atoms with Gasteiger partial charge in [-0.25, -0.2) is 4.98 Å². The Hall–Kier alpha value is -2.80. The Morgan fingerprint density at radius 3 is 2.68 bits per heavy atom. The molecule has 7 heteroatoms. The Kier molecular flexibility index (Phi) is 3.93. The van der Waals surface area contributed by atoms with Gasteiger partial charge in [-0.15, -0.1) is 0 Å². The number of aromatic nitrogens is 3. The topological polar surface area (TPSA) is 83.3 Å². The minimum absolute atomic E-state index is 0.462. The Bertz CT molecular complexity index is 898. The molecule has 0 atom stereocenters. The van der Waals surface area contributed by atoms with E-state index in [1.807, 2.05) is 12.1 Å². The number of nitrogens with one attached hydrogen (secondary N) is 1. The lowest BCUT2D eigenvalue weighted by atomic mass is 10.1. The van der Waals surface area contributed by atoms with Crippen LogP contribution in [0, 0.1) is 0 Å². The summed E-state index contributed by atoms with van der Waals surface area (Å²) in [5.41, 5.74) is 9.44. The van der Waals surface area contributed by atoms with Crippen LogP contribution in [0.1, 0.15) is 0 Å². The fourth-order valence-electron chi connectivity index (χ4n) is 3.27. The zero-order valence-electron chi connectivity index (χ0n) is 14.5. The lowest BCUT2D eigenvalue weighted by Gasteiger charge is -2.34. The maximum Gasteiger partial charge on any atom is 0.183 e. The maximum absolute atomic E-state index is 5.76. The number of nitrogens with zero attached hydrogens (tertiary/aromatic N) is 4. The molecule has 1 fully saturated rings. The Morgan fingerprint density at radius 1 is 1.12 bits per heavy atom. The second-order valence-electron chi connectivity index (χ2n) is 6.38. The number of likely N-dealkylation sites (N-methyl/N-ethyl adjacent to an activating group) is 1. The van der Waals surface area contributed by atoms with E-state index < -0.39 is 0 Å². The van der Waals surface area contributed by atoms with Gasteiger partial charge < -0.3 is 20.3 Å². The van der Waals surface area contributed by atoms with Crippen LogP contribution >= 0.6 is 0 Å². The van der Waals surface area contributed by atoms with Crippen molar-refractivity contribution in [1.29, 1.82) is 0 Å². The summed E-state index contributed by atoms with van der Waals surface area (Å²) < 4.78 is 5.58. The monoisotopic (exact) mass is 338 g/mol. The fourth-order valence-corrected chi connectivity index (χ4v) is 3.27. The summed E-state index contributed by atoms with van der Waals surface area (Å²) in [6.07, 6.45) is 0. The van der Waals surface area contributed by atoms with E-state index in [4.69, 9.17) is 10.5 Å². The van der Waals surface area contributed by atoms with Crippen molar-refractivity contribution >= 4 is 22.5 Å². The van der Waals surface area contributed by atoms with E-state index in [2.05, 4.69) is 44.2 Å². The highest BCUT2D eigenvalue weighted by atomic mass is 16.5. The fraction of sp³-hybridized carbons (Fsp3) is 0.333. The average Bonchev–Trinajstić information content (AvgIpc) is 3.04. The Balaban J connectivity index is 1.78. The van der Waals surface area contributed by atoms with Crippen LogP contribution in [0.3, 0.4) is 0 Å². The van der Waals surface area contributed by atoms with E-state index in [1.165, 1.54) is 5.69 Å². The van der Waals surface area contributed by atoms with Crippen LogP contribution in [0.5, 0.6) is 5.75 Å². The number of ether oxygens (including phenoxy) is 1. The molecule has 2 aromatic heterocycles. The molecule has 25 heavy (non-hydrogen) atoms. The molecule has 0 radical (unpaired) electrons. The number of rotatable bonds is 3. The number of hydrogen-bond acceptors (Lipinski definition) is 6. The van der Waals surface area contributed by atoms with Crippen LogP contribution in [0.4, 0.5) is 11.5 Å². The van der Waals surface area contributed by atoms with Crippen LogP contribution in [-0.2, 0) is 0 Å². The molecule has 1 saturated heterocycles. The summed E-state index contributed by atoms with van der Waals surface area (Å²) in [5.74, 6) is 1.27. The number of pyridine rings is 1. The first-order valence-electron chi connectivity index (χ1n) is 8.38. The highest BCUT2D eigenvalue weighted by Crippen LogP contribution is 2.36. The lowest BCUT2D eigenvalue weighted by molar-refractivity contribution is 0.313. The third-order valence-electron chi connectivity index (χ3n) is 4.76. The van der Waals surface area contributed by atoms with E-state index in [1.54, 1.807) is 13.2 Å². The molecule has 130 valence electrons. The van der Waals surface area contributed by atoms with Gasteiger partial charge in [0.15, 0.2) is 5.65 Å². The summed E-state index contributed by atoms with van der Waals surface area (Å²) in [6.45, 7) is 4.17. The number of fused-ring (bicyclic) bond motifs is 1. The van der Waals surface area contributed by atoms with Crippen LogP contribution in [-0.4, -0.2) is 60.4 Å². The molecule has 0 amide bonds. The molecular weight excluding hydrogens is 316 g/mol. The number of aromatic amines is 1. The van der Waals surface area contributed by atoms with Gasteiger partial charge in [-0.2, -0.15) is 5.10 Å². The molecule has 0 saturated carbocycles. The van der Waals surface area contributed by atoms with Crippen molar-refractivity contribution in [2.75, 3.05) is 51.0 Å². The second-order valence-corrected chi connectivity index (χ2v) is 6.38. The zero-order valence-corrected chi connectivity index (χ0v) is 14.5. The van der Waals surface area contributed by atoms with Crippen molar-refractivity contribution in [3.63, 3.8) is 0 Å². The number of methoxy groups -OCH3 is 1. The predicted octanol–water partition coefficient (Wildman–Crippen LogP) is 1.97. The number of anilines is 2. The predicted molar refractivity (Wildman–Crippen MR) is 100.0 cm³/mol. The molecule has 0 aliphatic carbocycles. The zero-order chi connectivity index (χ0) is 17.4. The Morgan fingerprint density at radius 2 is 1.92 bits per heavy atom. The second kappa shape index (κ2) is 6.25. The van der Waals surface area contributed by atoms with Crippen molar-refractivity contribution < 1.29 is 4.74 Å². The van der Waals surface area contributed by atoms with Crippen LogP contribution in [0.25, 0.3) is 22.3 Å². The van der Waals surface area contributed by atoms with Gasteiger partial charge in [-0.05, 0) is 37.4 Å². The van der Waals surface area contributed by atoms with Crippen molar-refractivity contribution in [2.45, 2.75) is 0 Å². The molecule has 0 spiro atoms. The molecule has 3 heterocycles. The largest absolute Gasteiger partial charge is 0.496 e. The summed E-state index contributed by atoms with van der Waals surface area (Å²) in [4.78, 5) is 9.02. The highest BCUT2D eigenvalue weighted by Gasteiger charge is 2.18. The summed E-state index contributed by atoms with van der Waals surface area (Å²) in [6, 6.07) is 10.0. The Labute approximate surface area is 146 Å². The van der Waals surface area contributed by atoms with Crippen LogP contribution < -0.4 is 15.4 Å². The molecule has 1 aliphatic rings. The lowest BCUT2D eigenvalue weighted by Crippen LogP contribution is -2.44. The van der Waals surface area contributed by atoms with Gasteiger partial charge in [-0.3, -0.25) is 5.10 Å². The molecule has 0 bridgehead atoms. The van der Waals surface area contributed by atoms with Crippen LogP contribution in [0.2, 0.25) is 0 Å². The van der Waals surface area contributed by atoms with Crippen molar-refractivity contribution in [3.05, 3.63) is 30.3 Å². The number of nitrogen functional groups attached to an aromatic ring is 1. The van der Waals surface area contributed by atoms with Gasteiger partial charge in [0, 0.05) is 42.8 Å². The van der Waals surface area contributed by atoms with Gasteiger partial charge in [0.05, 0.1) is 12.8 Å². The number of piperazine rings is 1. The normalized spacial score (nSPS) is 15.7. The summed E-state index contributed by atoms with van der Waals surface area (Å²) in [7, 11) is 3.84. The first-order valence-corrected chi connectivity index (χ1v) is 8.38. The molecule has 0 unspecified atom stereocenters. The highest BCUT2D eigenvalue weighted by molar-refractivity contribution is 5.93. The summed E-state index contributed by atoms with van der Waals surface area (Å²) >= 11 is 0. The molecule has 4 rings (SSSR count). The number of hydrogen-bond donors (Lipinski definition) is 2. The SMILES string of the molecule is COc1ccc(N2CCN(C)CC2)cc1-c1[nH]nc2nc(N)ccc12. The van der Waals surface area contributed by atoms with Gasteiger partial charge in [0.2, 0.25) is 0 Å². The van der Waals surface area contributed by atoms with Gasteiger partial charge in [0.25, 0.3) is 0 Å². The molecule has 3 aromatic rings. The quantitative estimate of drug-likeness (QED) is 0.760. The van der Waals surface area contributed by atoms with E-state index in [0.717, 1.165) is 48.6 Å². The first-order chi connectivity index (χ1) is 12.2. The minimum Gasteiger partial charge on any atom is -0.496 e. The molecular formula is C18H22N6O.